The molecule has 2 heterocycles. The van der Waals surface area contributed by atoms with E-state index >= 15 is 0 Å². The zero-order valence-corrected chi connectivity index (χ0v) is 10.7. The smallest absolute Gasteiger partial charge is 0.122 e. The minimum Gasteiger partial charge on any atom is -0.393 e. The summed E-state index contributed by atoms with van der Waals surface area (Å²) >= 11 is 4.92. The molecule has 1 aromatic rings. The van der Waals surface area contributed by atoms with Gasteiger partial charge in [0.05, 0.1) is 11.8 Å². The number of aliphatic hydroxyl groups is 1. The van der Waals surface area contributed by atoms with E-state index in [1.54, 1.807) is 6.20 Å². The van der Waals surface area contributed by atoms with E-state index in [0.717, 1.165) is 25.2 Å². The zero-order chi connectivity index (χ0) is 12.4. The van der Waals surface area contributed by atoms with Gasteiger partial charge in [-0.25, -0.2) is 0 Å². The Morgan fingerprint density at radius 2 is 2.47 bits per heavy atom. The second kappa shape index (κ2) is 4.98. The lowest BCUT2D eigenvalue weighted by molar-refractivity contribution is 0.136. The minimum absolute atomic E-state index is 0.253. The predicted octanol–water partition coefficient (Wildman–Crippen LogP) is 0.923. The summed E-state index contributed by atoms with van der Waals surface area (Å²) in [5, 5.41) is 9.58. The molecule has 2 rings (SSSR count). The van der Waals surface area contributed by atoms with Gasteiger partial charge < -0.3 is 15.7 Å². The van der Waals surface area contributed by atoms with Crippen molar-refractivity contribution in [2.24, 2.45) is 11.7 Å². The van der Waals surface area contributed by atoms with E-state index in [0.29, 0.717) is 16.6 Å². The lowest BCUT2D eigenvalue weighted by atomic mass is 10.0. The first-order chi connectivity index (χ1) is 8.08. The fraction of sp³-hybridized carbons (Fsp3) is 0.500. The second-order valence-electron chi connectivity index (χ2n) is 4.50. The molecule has 3 N–H and O–H groups in total. The summed E-state index contributed by atoms with van der Waals surface area (Å²) in [5.41, 5.74) is 7.29. The number of pyridine rings is 1. The molecule has 0 amide bonds. The van der Waals surface area contributed by atoms with Crippen molar-refractivity contribution in [2.45, 2.75) is 19.4 Å². The standard InChI is InChI=1S/C12H17N3OS/c1-8(16)9-3-5-15(7-9)10-2-4-14-11(6-10)12(13)17/h2,4,6,8-9,16H,3,5,7H2,1H3,(H2,13,17). The van der Waals surface area contributed by atoms with Crippen molar-refractivity contribution in [3.63, 3.8) is 0 Å². The zero-order valence-electron chi connectivity index (χ0n) is 9.84. The van der Waals surface area contributed by atoms with Gasteiger partial charge in [0, 0.05) is 30.9 Å². The van der Waals surface area contributed by atoms with Gasteiger partial charge in [0.2, 0.25) is 0 Å². The largest absolute Gasteiger partial charge is 0.393 e. The molecule has 0 bridgehead atoms. The number of nitrogens with two attached hydrogens (primary N) is 1. The number of hydrogen-bond donors (Lipinski definition) is 2. The van der Waals surface area contributed by atoms with E-state index in [9.17, 15) is 5.11 Å². The van der Waals surface area contributed by atoms with Crippen molar-refractivity contribution in [1.29, 1.82) is 0 Å². The number of hydrogen-bond acceptors (Lipinski definition) is 4. The maximum Gasteiger partial charge on any atom is 0.122 e. The van der Waals surface area contributed by atoms with Crippen LogP contribution in [-0.2, 0) is 0 Å². The van der Waals surface area contributed by atoms with Crippen LogP contribution in [0.25, 0.3) is 0 Å². The third-order valence-electron chi connectivity index (χ3n) is 3.27. The third kappa shape index (κ3) is 2.73. The van der Waals surface area contributed by atoms with E-state index < -0.39 is 0 Å². The molecule has 0 aliphatic carbocycles. The van der Waals surface area contributed by atoms with Crippen LogP contribution in [-0.4, -0.2) is 34.3 Å². The van der Waals surface area contributed by atoms with Crippen molar-refractivity contribution in [2.75, 3.05) is 18.0 Å². The van der Waals surface area contributed by atoms with E-state index in [-0.39, 0.29) is 6.10 Å². The van der Waals surface area contributed by atoms with Crippen LogP contribution in [0.4, 0.5) is 5.69 Å². The van der Waals surface area contributed by atoms with E-state index in [1.165, 1.54) is 0 Å². The van der Waals surface area contributed by atoms with Crippen molar-refractivity contribution in [3.05, 3.63) is 24.0 Å². The fourth-order valence-electron chi connectivity index (χ4n) is 2.17. The Kier molecular flexibility index (Phi) is 3.59. The van der Waals surface area contributed by atoms with Gasteiger partial charge >= 0.3 is 0 Å². The van der Waals surface area contributed by atoms with Crippen LogP contribution in [0, 0.1) is 5.92 Å². The molecule has 4 nitrogen and oxygen atoms in total. The summed E-state index contributed by atoms with van der Waals surface area (Å²) in [6.07, 6.45) is 2.49. The normalized spacial score (nSPS) is 21.5. The Morgan fingerprint density at radius 1 is 1.71 bits per heavy atom. The SMILES string of the molecule is CC(O)C1CCN(c2ccnc(C(N)=S)c2)C1. The molecule has 0 spiro atoms. The van der Waals surface area contributed by atoms with Crippen LogP contribution in [0.1, 0.15) is 19.0 Å². The first-order valence-corrected chi connectivity index (χ1v) is 6.17. The number of nitrogens with zero attached hydrogens (tertiary/aromatic N) is 2. The molecular weight excluding hydrogens is 234 g/mol. The average molecular weight is 251 g/mol. The highest BCUT2D eigenvalue weighted by Gasteiger charge is 2.26. The summed E-state index contributed by atoms with van der Waals surface area (Å²) in [7, 11) is 0. The fourth-order valence-corrected chi connectivity index (χ4v) is 2.28. The van der Waals surface area contributed by atoms with Gasteiger partial charge in [0.1, 0.15) is 4.99 Å². The monoisotopic (exact) mass is 251 g/mol. The summed E-state index contributed by atoms with van der Waals surface area (Å²) in [6, 6.07) is 3.86. The van der Waals surface area contributed by atoms with Gasteiger partial charge in [-0.2, -0.15) is 0 Å². The van der Waals surface area contributed by atoms with Crippen LogP contribution in [0.15, 0.2) is 18.3 Å². The van der Waals surface area contributed by atoms with E-state index in [4.69, 9.17) is 18.0 Å². The molecule has 0 aromatic carbocycles. The molecule has 1 aliphatic rings. The lowest BCUT2D eigenvalue weighted by Crippen LogP contribution is -2.24. The average Bonchev–Trinajstić information content (AvgIpc) is 2.78. The van der Waals surface area contributed by atoms with Crippen molar-refractivity contribution in [1.82, 2.24) is 4.98 Å². The quantitative estimate of drug-likeness (QED) is 0.782. The number of rotatable bonds is 3. The van der Waals surface area contributed by atoms with Crippen LogP contribution in [0.3, 0.4) is 0 Å². The third-order valence-corrected chi connectivity index (χ3v) is 3.48. The highest BCUT2D eigenvalue weighted by molar-refractivity contribution is 7.80. The van der Waals surface area contributed by atoms with Gasteiger partial charge in [-0.1, -0.05) is 12.2 Å². The number of thiocarbonyl (C=S) groups is 1. The van der Waals surface area contributed by atoms with Crippen LogP contribution < -0.4 is 10.6 Å². The first-order valence-electron chi connectivity index (χ1n) is 5.77. The molecule has 1 aromatic heterocycles. The predicted molar refractivity (Wildman–Crippen MR) is 72.1 cm³/mol. The van der Waals surface area contributed by atoms with Crippen molar-refractivity contribution in [3.8, 4) is 0 Å². The maximum absolute atomic E-state index is 9.58. The Labute approximate surface area is 106 Å². The Balaban J connectivity index is 2.13. The highest BCUT2D eigenvalue weighted by atomic mass is 32.1. The molecule has 5 heteroatoms. The van der Waals surface area contributed by atoms with Gasteiger partial charge in [0.15, 0.2) is 0 Å². The Morgan fingerprint density at radius 3 is 3.06 bits per heavy atom. The maximum atomic E-state index is 9.58. The molecule has 0 radical (unpaired) electrons. The molecule has 92 valence electrons. The Hall–Kier alpha value is -1.20. The van der Waals surface area contributed by atoms with Gasteiger partial charge in [-0.05, 0) is 25.5 Å². The molecule has 2 atom stereocenters. The first kappa shape index (κ1) is 12.3. The van der Waals surface area contributed by atoms with Crippen molar-refractivity contribution >= 4 is 22.9 Å². The number of aliphatic hydroxyl groups excluding tert-OH is 1. The Bertz CT molecular complexity index is 422. The topological polar surface area (TPSA) is 62.4 Å². The molecule has 0 saturated carbocycles. The highest BCUT2D eigenvalue weighted by Crippen LogP contribution is 2.25. The van der Waals surface area contributed by atoms with Gasteiger partial charge in [0.25, 0.3) is 0 Å². The van der Waals surface area contributed by atoms with E-state index in [2.05, 4.69) is 9.88 Å². The lowest BCUT2D eigenvalue weighted by Gasteiger charge is -2.20. The summed E-state index contributed by atoms with van der Waals surface area (Å²) in [5.74, 6) is 0.344. The van der Waals surface area contributed by atoms with Gasteiger partial charge in [-0.15, -0.1) is 0 Å². The summed E-state index contributed by atoms with van der Waals surface area (Å²) in [4.78, 5) is 6.68. The molecule has 17 heavy (non-hydrogen) atoms. The molecule has 1 fully saturated rings. The van der Waals surface area contributed by atoms with Crippen LogP contribution in [0.2, 0.25) is 0 Å². The second-order valence-corrected chi connectivity index (χ2v) is 4.94. The molecule has 1 aliphatic heterocycles. The van der Waals surface area contributed by atoms with Crippen molar-refractivity contribution < 1.29 is 5.11 Å². The van der Waals surface area contributed by atoms with Gasteiger partial charge in [-0.3, -0.25) is 4.98 Å². The number of aromatic nitrogens is 1. The molecular formula is C12H17N3OS. The molecule has 1 saturated heterocycles. The summed E-state index contributed by atoms with van der Waals surface area (Å²) < 4.78 is 0. The van der Waals surface area contributed by atoms with E-state index in [1.807, 2.05) is 19.1 Å². The summed E-state index contributed by atoms with van der Waals surface area (Å²) in [6.45, 7) is 3.68. The molecule has 2 unspecified atom stereocenters. The minimum atomic E-state index is -0.253. The number of anilines is 1. The van der Waals surface area contributed by atoms with Crippen LogP contribution >= 0.6 is 12.2 Å². The van der Waals surface area contributed by atoms with Crippen LogP contribution in [0.5, 0.6) is 0 Å².